The van der Waals surface area contributed by atoms with Crippen LogP contribution in [-0.2, 0) is 11.8 Å². The normalized spacial score (nSPS) is 11.3. The van der Waals surface area contributed by atoms with Gasteiger partial charge in [-0.05, 0) is 25.1 Å². The molecule has 0 unspecified atom stereocenters. The van der Waals surface area contributed by atoms with Crippen LogP contribution in [0, 0.1) is 6.92 Å². The van der Waals surface area contributed by atoms with E-state index >= 15 is 0 Å². The van der Waals surface area contributed by atoms with E-state index < -0.39 is 5.97 Å². The van der Waals surface area contributed by atoms with Crippen molar-refractivity contribution in [3.8, 4) is 0 Å². The molecule has 0 atom stereocenters. The van der Waals surface area contributed by atoms with Crippen LogP contribution in [0.3, 0.4) is 0 Å². The van der Waals surface area contributed by atoms with E-state index in [2.05, 4.69) is 4.98 Å². The lowest BCUT2D eigenvalue weighted by Crippen LogP contribution is -2.16. The molecule has 2 rings (SSSR count). The zero-order valence-corrected chi connectivity index (χ0v) is 11.3. The molecule has 0 saturated carbocycles. The number of imidazole rings is 1. The van der Waals surface area contributed by atoms with Gasteiger partial charge in [0, 0.05) is 32.4 Å². The second kappa shape index (κ2) is 5.14. The van der Waals surface area contributed by atoms with Crippen LogP contribution >= 0.6 is 0 Å². The summed E-state index contributed by atoms with van der Waals surface area (Å²) in [5.41, 5.74) is 3.06. The molecule has 2 aromatic rings. The van der Waals surface area contributed by atoms with E-state index in [0.29, 0.717) is 6.54 Å². The van der Waals surface area contributed by atoms with Crippen molar-refractivity contribution in [1.82, 2.24) is 9.55 Å². The Kier molecular flexibility index (Phi) is 3.55. The summed E-state index contributed by atoms with van der Waals surface area (Å²) in [7, 11) is 3.91. The van der Waals surface area contributed by atoms with Gasteiger partial charge in [0.05, 0.1) is 11.0 Å². The van der Waals surface area contributed by atoms with Gasteiger partial charge < -0.3 is 14.6 Å². The highest BCUT2D eigenvalue weighted by Crippen LogP contribution is 2.21. The first-order chi connectivity index (χ1) is 8.99. The van der Waals surface area contributed by atoms with Crippen molar-refractivity contribution >= 4 is 22.7 Å². The summed E-state index contributed by atoms with van der Waals surface area (Å²) in [6.45, 7) is 2.52. The molecule has 5 heteroatoms. The number of aromatic nitrogens is 2. The third kappa shape index (κ3) is 2.76. The lowest BCUT2D eigenvalue weighted by atomic mass is 10.2. The number of aryl methyl sites for hydroxylation is 2. The number of rotatable bonds is 4. The Balaban J connectivity index is 2.23. The molecule has 1 aromatic carbocycles. The minimum absolute atomic E-state index is 0.545. The summed E-state index contributed by atoms with van der Waals surface area (Å²) in [4.78, 5) is 16.9. The molecule has 100 valence electrons. The van der Waals surface area contributed by atoms with Crippen LogP contribution in [0.4, 0.5) is 5.69 Å². The third-order valence-electron chi connectivity index (χ3n) is 3.17. The summed E-state index contributed by atoms with van der Waals surface area (Å²) < 4.78 is 2.05. The zero-order valence-electron chi connectivity index (χ0n) is 11.3. The van der Waals surface area contributed by atoms with Crippen LogP contribution in [0.25, 0.3) is 11.0 Å². The van der Waals surface area contributed by atoms with Crippen molar-refractivity contribution in [3.05, 3.63) is 36.2 Å². The van der Waals surface area contributed by atoms with E-state index in [1.807, 2.05) is 48.7 Å². The second-order valence-corrected chi connectivity index (χ2v) is 4.51. The molecular formula is C14H17N3O2. The molecule has 0 bridgehead atoms. The van der Waals surface area contributed by atoms with Crippen molar-refractivity contribution in [2.45, 2.75) is 6.92 Å². The smallest absolute Gasteiger partial charge is 0.328 e. The topological polar surface area (TPSA) is 58.4 Å². The number of aliphatic carboxylic acids is 1. The van der Waals surface area contributed by atoms with Crippen molar-refractivity contribution in [3.63, 3.8) is 0 Å². The standard InChI is InChI=1S/C14H17N3O2/c1-10-15-12-9-11(6-7-13(12)17(10)3)16(2)8-4-5-14(18)19/h4-7,9H,8H2,1-3H3,(H,18,19)/b5-4+. The molecule has 0 aliphatic rings. The van der Waals surface area contributed by atoms with E-state index in [1.54, 1.807) is 6.08 Å². The predicted molar refractivity (Wildman–Crippen MR) is 75.5 cm³/mol. The summed E-state index contributed by atoms with van der Waals surface area (Å²) in [6.07, 6.45) is 2.77. The van der Waals surface area contributed by atoms with Gasteiger partial charge in [-0.2, -0.15) is 0 Å². The highest BCUT2D eigenvalue weighted by Gasteiger charge is 2.06. The molecule has 0 saturated heterocycles. The average Bonchev–Trinajstić information content (AvgIpc) is 2.64. The van der Waals surface area contributed by atoms with Crippen LogP contribution in [0.5, 0.6) is 0 Å². The Labute approximate surface area is 111 Å². The number of likely N-dealkylation sites (N-methyl/N-ethyl adjacent to an activating group) is 1. The number of nitrogens with zero attached hydrogens (tertiary/aromatic N) is 3. The first-order valence-electron chi connectivity index (χ1n) is 6.02. The first kappa shape index (κ1) is 13.1. The maximum atomic E-state index is 10.4. The molecule has 0 aliphatic carbocycles. The van der Waals surface area contributed by atoms with E-state index in [1.165, 1.54) is 0 Å². The Morgan fingerprint density at radius 3 is 2.95 bits per heavy atom. The van der Waals surface area contributed by atoms with Gasteiger partial charge in [0.2, 0.25) is 0 Å². The number of carboxylic acid groups (broad SMARTS) is 1. The Morgan fingerprint density at radius 2 is 2.26 bits per heavy atom. The second-order valence-electron chi connectivity index (χ2n) is 4.51. The molecular weight excluding hydrogens is 242 g/mol. The monoisotopic (exact) mass is 259 g/mol. The van der Waals surface area contributed by atoms with Crippen molar-refractivity contribution in [2.24, 2.45) is 7.05 Å². The Hall–Kier alpha value is -2.30. The predicted octanol–water partition coefficient (Wildman–Crippen LogP) is 1.96. The molecule has 5 nitrogen and oxygen atoms in total. The van der Waals surface area contributed by atoms with Gasteiger partial charge in [0.25, 0.3) is 0 Å². The average molecular weight is 259 g/mol. The van der Waals surface area contributed by atoms with Gasteiger partial charge in [-0.1, -0.05) is 6.08 Å². The van der Waals surface area contributed by atoms with Crippen molar-refractivity contribution in [1.29, 1.82) is 0 Å². The Morgan fingerprint density at radius 1 is 1.53 bits per heavy atom. The maximum absolute atomic E-state index is 10.4. The number of fused-ring (bicyclic) bond motifs is 1. The molecule has 0 spiro atoms. The largest absolute Gasteiger partial charge is 0.478 e. The van der Waals surface area contributed by atoms with Crippen molar-refractivity contribution in [2.75, 3.05) is 18.5 Å². The van der Waals surface area contributed by atoms with Gasteiger partial charge in [0.15, 0.2) is 0 Å². The van der Waals surface area contributed by atoms with Crippen LogP contribution < -0.4 is 4.90 Å². The molecule has 1 heterocycles. The van der Waals surface area contributed by atoms with Crippen LogP contribution in [0.15, 0.2) is 30.4 Å². The lowest BCUT2D eigenvalue weighted by Gasteiger charge is -2.16. The first-order valence-corrected chi connectivity index (χ1v) is 6.02. The van der Waals surface area contributed by atoms with Gasteiger partial charge >= 0.3 is 5.97 Å². The number of hydrogen-bond donors (Lipinski definition) is 1. The highest BCUT2D eigenvalue weighted by molar-refractivity contribution is 5.81. The van der Waals surface area contributed by atoms with E-state index in [-0.39, 0.29) is 0 Å². The molecule has 1 aromatic heterocycles. The van der Waals surface area contributed by atoms with Crippen LogP contribution in [-0.4, -0.2) is 34.2 Å². The molecule has 0 fully saturated rings. The van der Waals surface area contributed by atoms with Crippen molar-refractivity contribution < 1.29 is 9.90 Å². The number of carbonyl (C=O) groups is 1. The van der Waals surface area contributed by atoms with E-state index in [4.69, 9.17) is 5.11 Å². The highest BCUT2D eigenvalue weighted by atomic mass is 16.4. The quantitative estimate of drug-likeness (QED) is 0.853. The number of carboxylic acids is 1. The van der Waals surface area contributed by atoms with Crippen LogP contribution in [0.1, 0.15) is 5.82 Å². The number of benzene rings is 1. The fourth-order valence-corrected chi connectivity index (χ4v) is 1.96. The SMILES string of the molecule is Cc1nc2cc(N(C)C/C=C/C(=O)O)ccc2n1C. The maximum Gasteiger partial charge on any atom is 0.328 e. The summed E-state index contributed by atoms with van der Waals surface area (Å²) in [6, 6.07) is 6.05. The third-order valence-corrected chi connectivity index (χ3v) is 3.17. The summed E-state index contributed by atoms with van der Waals surface area (Å²) >= 11 is 0. The summed E-state index contributed by atoms with van der Waals surface area (Å²) in [5, 5.41) is 8.55. The molecule has 0 aliphatic heterocycles. The molecule has 0 radical (unpaired) electrons. The molecule has 19 heavy (non-hydrogen) atoms. The Bertz CT molecular complexity index is 643. The minimum atomic E-state index is -0.927. The lowest BCUT2D eigenvalue weighted by molar-refractivity contribution is -0.131. The molecule has 0 amide bonds. The fraction of sp³-hybridized carbons (Fsp3) is 0.286. The van der Waals surface area contributed by atoms with E-state index in [9.17, 15) is 4.79 Å². The van der Waals surface area contributed by atoms with Gasteiger partial charge in [-0.15, -0.1) is 0 Å². The van der Waals surface area contributed by atoms with Crippen LogP contribution in [0.2, 0.25) is 0 Å². The molecule has 1 N–H and O–H groups in total. The summed E-state index contributed by atoms with van der Waals surface area (Å²) in [5.74, 6) is 0.0461. The number of hydrogen-bond acceptors (Lipinski definition) is 3. The zero-order chi connectivity index (χ0) is 14.0. The van der Waals surface area contributed by atoms with E-state index in [0.717, 1.165) is 28.6 Å². The van der Waals surface area contributed by atoms with Gasteiger partial charge in [-0.3, -0.25) is 0 Å². The van der Waals surface area contributed by atoms with Gasteiger partial charge in [0.1, 0.15) is 5.82 Å². The minimum Gasteiger partial charge on any atom is -0.478 e. The number of anilines is 1. The van der Waals surface area contributed by atoms with Gasteiger partial charge in [-0.25, -0.2) is 9.78 Å². The fourth-order valence-electron chi connectivity index (χ4n) is 1.96.